The van der Waals surface area contributed by atoms with Gasteiger partial charge in [-0.3, -0.25) is 18.6 Å². The SMILES string of the molecule is CC/C=C\C/C=C\CC(O)/C=C/C=C\C/C=C\C/C=C\CCC(=O)O[C@H](COC(=O)CCCCCCCCCC(C)C)COP(=O)(O)OC[C@@H](O)CO. The van der Waals surface area contributed by atoms with E-state index >= 15 is 0 Å². The third-order valence-electron chi connectivity index (χ3n) is 7.65. The number of unbranched alkanes of at least 4 members (excludes halogenated alkanes) is 6. The third-order valence-corrected chi connectivity index (χ3v) is 8.60. The number of allylic oxidation sites excluding steroid dienone is 10. The summed E-state index contributed by atoms with van der Waals surface area (Å²) in [7, 11) is -4.65. The van der Waals surface area contributed by atoms with Crippen molar-refractivity contribution in [3.8, 4) is 0 Å². The Morgan fingerprint density at radius 1 is 0.698 bits per heavy atom. The van der Waals surface area contributed by atoms with E-state index in [1.165, 1.54) is 25.7 Å². The summed E-state index contributed by atoms with van der Waals surface area (Å²) in [4.78, 5) is 34.8. The van der Waals surface area contributed by atoms with Crippen LogP contribution in [-0.4, -0.2) is 76.9 Å². The van der Waals surface area contributed by atoms with E-state index < -0.39 is 57.9 Å². The lowest BCUT2D eigenvalue weighted by atomic mass is 10.0. The molecule has 0 saturated heterocycles. The summed E-state index contributed by atoms with van der Waals surface area (Å²) in [6.07, 6.45) is 33.7. The average Bonchev–Trinajstić information content (AvgIpc) is 3.12. The number of esters is 2. The zero-order chi connectivity index (χ0) is 39.4. The highest BCUT2D eigenvalue weighted by atomic mass is 31.2. The van der Waals surface area contributed by atoms with Gasteiger partial charge in [0.15, 0.2) is 6.10 Å². The molecular formula is C41H69O11P. The van der Waals surface area contributed by atoms with Crippen molar-refractivity contribution in [2.45, 2.75) is 142 Å². The summed E-state index contributed by atoms with van der Waals surface area (Å²) < 4.78 is 32.4. The summed E-state index contributed by atoms with van der Waals surface area (Å²) >= 11 is 0. The maximum Gasteiger partial charge on any atom is 0.472 e. The highest BCUT2D eigenvalue weighted by Crippen LogP contribution is 2.43. The Morgan fingerprint density at radius 2 is 1.30 bits per heavy atom. The van der Waals surface area contributed by atoms with Crippen LogP contribution in [0.2, 0.25) is 0 Å². The van der Waals surface area contributed by atoms with Gasteiger partial charge in [-0.15, -0.1) is 0 Å². The van der Waals surface area contributed by atoms with Gasteiger partial charge < -0.3 is 29.7 Å². The zero-order valence-corrected chi connectivity index (χ0v) is 33.4. The third kappa shape index (κ3) is 36.1. The topological polar surface area (TPSA) is 169 Å². The van der Waals surface area contributed by atoms with Gasteiger partial charge in [0, 0.05) is 12.8 Å². The van der Waals surface area contributed by atoms with Crippen LogP contribution in [-0.2, 0) is 32.7 Å². The van der Waals surface area contributed by atoms with Crippen LogP contribution in [0.25, 0.3) is 0 Å². The van der Waals surface area contributed by atoms with Crippen molar-refractivity contribution in [2.24, 2.45) is 5.92 Å². The van der Waals surface area contributed by atoms with E-state index in [2.05, 4.69) is 37.4 Å². The molecule has 0 amide bonds. The molecule has 11 nitrogen and oxygen atoms in total. The molecule has 304 valence electrons. The van der Waals surface area contributed by atoms with E-state index in [0.29, 0.717) is 25.7 Å². The van der Waals surface area contributed by atoms with Gasteiger partial charge in [-0.1, -0.05) is 139 Å². The molecule has 4 atom stereocenters. The minimum absolute atomic E-state index is 0.0325. The normalized spacial score (nSPS) is 15.5. The van der Waals surface area contributed by atoms with Crippen LogP contribution in [0.15, 0.2) is 72.9 Å². The number of carbonyl (C=O) groups excluding carboxylic acids is 2. The predicted octanol–water partition coefficient (Wildman–Crippen LogP) is 8.54. The smallest absolute Gasteiger partial charge is 0.462 e. The molecule has 0 aliphatic heterocycles. The van der Waals surface area contributed by atoms with E-state index in [0.717, 1.165) is 44.4 Å². The van der Waals surface area contributed by atoms with Gasteiger partial charge in [0.2, 0.25) is 0 Å². The first kappa shape index (κ1) is 50.4. The number of hydrogen-bond acceptors (Lipinski definition) is 10. The molecule has 0 heterocycles. The van der Waals surface area contributed by atoms with E-state index in [9.17, 15) is 29.3 Å². The number of carbonyl (C=O) groups is 2. The average molecular weight is 769 g/mol. The van der Waals surface area contributed by atoms with Crippen molar-refractivity contribution < 1.29 is 52.9 Å². The molecule has 0 rings (SSSR count). The van der Waals surface area contributed by atoms with Gasteiger partial charge in [-0.05, 0) is 50.9 Å². The number of phosphoric ester groups is 1. The molecule has 0 bridgehead atoms. The quantitative estimate of drug-likeness (QED) is 0.0163. The maximum atomic E-state index is 12.5. The van der Waals surface area contributed by atoms with Gasteiger partial charge >= 0.3 is 19.8 Å². The Kier molecular flexibility index (Phi) is 33.4. The molecule has 0 saturated carbocycles. The molecule has 0 aromatic rings. The first-order valence-corrected chi connectivity index (χ1v) is 20.9. The zero-order valence-electron chi connectivity index (χ0n) is 32.5. The number of aliphatic hydroxyl groups is 3. The molecule has 0 fully saturated rings. The number of hydrogen-bond donors (Lipinski definition) is 4. The molecule has 0 aromatic heterocycles. The van der Waals surface area contributed by atoms with E-state index in [1.807, 2.05) is 54.7 Å². The number of ether oxygens (including phenoxy) is 2. The van der Waals surface area contributed by atoms with Crippen LogP contribution < -0.4 is 0 Å². The minimum Gasteiger partial charge on any atom is -0.462 e. The van der Waals surface area contributed by atoms with E-state index in [-0.39, 0.29) is 19.4 Å². The molecule has 2 unspecified atom stereocenters. The summed E-state index contributed by atoms with van der Waals surface area (Å²) in [5.74, 6) is -0.332. The van der Waals surface area contributed by atoms with Gasteiger partial charge in [0.25, 0.3) is 0 Å². The Morgan fingerprint density at radius 3 is 1.98 bits per heavy atom. The van der Waals surface area contributed by atoms with E-state index in [4.69, 9.17) is 19.1 Å². The second-order valence-electron chi connectivity index (χ2n) is 13.3. The van der Waals surface area contributed by atoms with E-state index in [1.54, 1.807) is 6.08 Å². The fourth-order valence-electron chi connectivity index (χ4n) is 4.64. The largest absolute Gasteiger partial charge is 0.472 e. The Bertz CT molecular complexity index is 1140. The van der Waals surface area contributed by atoms with Gasteiger partial charge in [-0.2, -0.15) is 0 Å². The van der Waals surface area contributed by atoms with Crippen molar-refractivity contribution in [3.05, 3.63) is 72.9 Å². The Labute approximate surface area is 319 Å². The maximum absolute atomic E-state index is 12.5. The highest BCUT2D eigenvalue weighted by molar-refractivity contribution is 7.47. The van der Waals surface area contributed by atoms with Crippen LogP contribution in [0.4, 0.5) is 0 Å². The monoisotopic (exact) mass is 768 g/mol. The van der Waals surface area contributed by atoms with Crippen LogP contribution in [0, 0.1) is 5.92 Å². The van der Waals surface area contributed by atoms with Crippen LogP contribution in [0.1, 0.15) is 124 Å². The first-order valence-electron chi connectivity index (χ1n) is 19.4. The van der Waals surface area contributed by atoms with Crippen LogP contribution in [0.5, 0.6) is 0 Å². The van der Waals surface area contributed by atoms with Gasteiger partial charge in [-0.25, -0.2) is 4.57 Å². The minimum atomic E-state index is -4.65. The Hall–Kier alpha value is -2.63. The number of phosphoric acid groups is 1. The summed E-state index contributed by atoms with van der Waals surface area (Å²) in [6.45, 7) is 4.30. The molecular weight excluding hydrogens is 699 g/mol. The summed E-state index contributed by atoms with van der Waals surface area (Å²) in [6, 6.07) is 0. The van der Waals surface area contributed by atoms with Crippen molar-refractivity contribution in [1.82, 2.24) is 0 Å². The first-order chi connectivity index (χ1) is 25.5. The van der Waals surface area contributed by atoms with Crippen LogP contribution in [0.3, 0.4) is 0 Å². The van der Waals surface area contributed by atoms with Gasteiger partial charge in [0.1, 0.15) is 12.7 Å². The molecule has 0 aromatic carbocycles. The molecule has 0 aliphatic carbocycles. The van der Waals surface area contributed by atoms with Gasteiger partial charge in [0.05, 0.1) is 25.9 Å². The summed E-state index contributed by atoms with van der Waals surface area (Å²) in [5, 5.41) is 28.2. The Balaban J connectivity index is 4.57. The fourth-order valence-corrected chi connectivity index (χ4v) is 5.43. The molecule has 0 radical (unpaired) electrons. The lowest BCUT2D eigenvalue weighted by Gasteiger charge is -2.20. The van der Waals surface area contributed by atoms with Crippen molar-refractivity contribution in [3.63, 3.8) is 0 Å². The van der Waals surface area contributed by atoms with Crippen molar-refractivity contribution >= 4 is 19.8 Å². The highest BCUT2D eigenvalue weighted by Gasteiger charge is 2.27. The van der Waals surface area contributed by atoms with Crippen LogP contribution >= 0.6 is 7.82 Å². The van der Waals surface area contributed by atoms with Crippen molar-refractivity contribution in [2.75, 3.05) is 26.4 Å². The standard InChI is InChI=1S/C41H69O11P/c1-4-5-6-7-18-23-28-37(43)29-24-19-14-10-8-9-11-15-21-26-31-41(46)52-39(35-51-53(47,48)50-33-38(44)32-42)34-49-40(45)30-25-20-16-12-13-17-22-27-36(2)3/h5-6,8-9,14-15,18-19,21,23-24,29,36-39,42-44H,4,7,10-13,16-17,20,22,25-28,30-35H2,1-3H3,(H,47,48)/b6-5-,9-8-,19-14-,21-15-,23-18-,29-24+/t37?,38-,39+/m0/s1. The lowest BCUT2D eigenvalue weighted by molar-refractivity contribution is -0.161. The number of aliphatic hydroxyl groups excluding tert-OH is 3. The lowest BCUT2D eigenvalue weighted by Crippen LogP contribution is -2.29. The molecule has 0 spiro atoms. The second-order valence-corrected chi connectivity index (χ2v) is 14.7. The predicted molar refractivity (Wildman–Crippen MR) is 211 cm³/mol. The number of rotatable bonds is 34. The molecule has 53 heavy (non-hydrogen) atoms. The summed E-state index contributed by atoms with van der Waals surface area (Å²) in [5.41, 5.74) is 0. The molecule has 12 heteroatoms. The second kappa shape index (κ2) is 35.1. The fraction of sp³-hybridized carbons (Fsp3) is 0.659. The van der Waals surface area contributed by atoms with Crippen molar-refractivity contribution in [1.29, 1.82) is 0 Å². The molecule has 0 aliphatic rings. The molecule has 4 N–H and O–H groups in total.